The third kappa shape index (κ3) is 3.08. The monoisotopic (exact) mass is 227 g/mol. The van der Waals surface area contributed by atoms with Crippen LogP contribution in [0.2, 0.25) is 0 Å². The molecule has 86 valence electrons. The first kappa shape index (κ1) is 11.2. The summed E-state index contributed by atoms with van der Waals surface area (Å²) < 4.78 is 5.58. The van der Waals surface area contributed by atoms with Gasteiger partial charge in [0.25, 0.3) is 0 Å². The summed E-state index contributed by atoms with van der Waals surface area (Å²) in [5, 5.41) is 0. The van der Waals surface area contributed by atoms with Crippen LogP contribution in [0.1, 0.15) is 15.9 Å². The minimum absolute atomic E-state index is 0.416. The van der Waals surface area contributed by atoms with Crippen LogP contribution in [0.5, 0.6) is 5.75 Å². The standard InChI is InChI=1S/C14H13NO2/c15-14(16)12-8-6-11(7-9-12)10-17-13-4-2-1-3-5-13/h1-9H,10H2,(H2,15,16). The van der Waals surface area contributed by atoms with E-state index in [4.69, 9.17) is 10.5 Å². The smallest absolute Gasteiger partial charge is 0.248 e. The van der Waals surface area contributed by atoms with E-state index in [1.807, 2.05) is 42.5 Å². The number of hydrogen-bond acceptors (Lipinski definition) is 2. The van der Waals surface area contributed by atoms with Gasteiger partial charge in [0.1, 0.15) is 12.4 Å². The molecule has 0 spiro atoms. The van der Waals surface area contributed by atoms with Crippen molar-refractivity contribution >= 4 is 5.91 Å². The molecular formula is C14H13NO2. The van der Waals surface area contributed by atoms with Crippen molar-refractivity contribution in [1.29, 1.82) is 0 Å². The molecule has 0 aromatic heterocycles. The molecule has 2 aromatic rings. The van der Waals surface area contributed by atoms with Gasteiger partial charge in [-0.05, 0) is 29.8 Å². The maximum Gasteiger partial charge on any atom is 0.248 e. The van der Waals surface area contributed by atoms with Crippen LogP contribution in [-0.4, -0.2) is 5.91 Å². The number of para-hydroxylation sites is 1. The van der Waals surface area contributed by atoms with Gasteiger partial charge in [-0.2, -0.15) is 0 Å². The number of nitrogens with two attached hydrogens (primary N) is 1. The topological polar surface area (TPSA) is 52.3 Å². The van der Waals surface area contributed by atoms with E-state index in [-0.39, 0.29) is 0 Å². The molecule has 0 saturated heterocycles. The molecule has 0 aliphatic carbocycles. The molecule has 3 nitrogen and oxygen atoms in total. The Morgan fingerprint density at radius 3 is 2.24 bits per heavy atom. The molecule has 0 fully saturated rings. The number of rotatable bonds is 4. The summed E-state index contributed by atoms with van der Waals surface area (Å²) in [7, 11) is 0. The van der Waals surface area contributed by atoms with Crippen molar-refractivity contribution in [3.05, 3.63) is 65.7 Å². The lowest BCUT2D eigenvalue weighted by molar-refractivity contribution is 0.1000. The first-order chi connectivity index (χ1) is 8.25. The molecule has 2 rings (SSSR count). The van der Waals surface area contributed by atoms with Crippen molar-refractivity contribution in [3.63, 3.8) is 0 Å². The van der Waals surface area contributed by atoms with Crippen molar-refractivity contribution in [2.75, 3.05) is 0 Å². The molecule has 0 aliphatic heterocycles. The maximum absolute atomic E-state index is 10.9. The molecule has 0 heterocycles. The number of primary amides is 1. The predicted octanol–water partition coefficient (Wildman–Crippen LogP) is 2.36. The van der Waals surface area contributed by atoms with E-state index in [0.29, 0.717) is 12.2 Å². The molecule has 3 heteroatoms. The van der Waals surface area contributed by atoms with Crippen LogP contribution in [0.15, 0.2) is 54.6 Å². The Morgan fingerprint density at radius 2 is 1.65 bits per heavy atom. The third-order valence-corrected chi connectivity index (χ3v) is 2.39. The summed E-state index contributed by atoms with van der Waals surface area (Å²) in [5.41, 5.74) is 6.67. The third-order valence-electron chi connectivity index (χ3n) is 2.39. The van der Waals surface area contributed by atoms with Crippen molar-refractivity contribution in [2.24, 2.45) is 5.73 Å². The van der Waals surface area contributed by atoms with Crippen LogP contribution in [-0.2, 0) is 6.61 Å². The number of carbonyl (C=O) groups excluding carboxylic acids is 1. The van der Waals surface area contributed by atoms with E-state index in [1.165, 1.54) is 0 Å². The molecular weight excluding hydrogens is 214 g/mol. The number of carbonyl (C=O) groups is 1. The van der Waals surface area contributed by atoms with E-state index in [0.717, 1.165) is 11.3 Å². The Labute approximate surface area is 99.8 Å². The first-order valence-corrected chi connectivity index (χ1v) is 5.32. The molecule has 0 saturated carbocycles. The second kappa shape index (κ2) is 5.16. The number of hydrogen-bond donors (Lipinski definition) is 1. The van der Waals surface area contributed by atoms with Gasteiger partial charge in [0.15, 0.2) is 0 Å². The molecule has 0 unspecified atom stereocenters. The predicted molar refractivity (Wildman–Crippen MR) is 65.7 cm³/mol. The summed E-state index contributed by atoms with van der Waals surface area (Å²) >= 11 is 0. The van der Waals surface area contributed by atoms with Crippen molar-refractivity contribution in [1.82, 2.24) is 0 Å². The fourth-order valence-corrected chi connectivity index (χ4v) is 1.45. The molecule has 2 N–H and O–H groups in total. The largest absolute Gasteiger partial charge is 0.489 e. The summed E-state index contributed by atoms with van der Waals surface area (Å²) in [6, 6.07) is 16.7. The lowest BCUT2D eigenvalue weighted by Crippen LogP contribution is -2.10. The van der Waals surface area contributed by atoms with Gasteiger partial charge in [0.05, 0.1) is 0 Å². The molecule has 0 atom stereocenters. The van der Waals surface area contributed by atoms with Crippen LogP contribution in [0.4, 0.5) is 0 Å². The zero-order valence-corrected chi connectivity index (χ0v) is 9.30. The molecule has 0 radical (unpaired) electrons. The zero-order chi connectivity index (χ0) is 12.1. The molecule has 17 heavy (non-hydrogen) atoms. The van der Waals surface area contributed by atoms with E-state index in [1.54, 1.807) is 12.1 Å². The Balaban J connectivity index is 1.98. The second-order valence-corrected chi connectivity index (χ2v) is 3.66. The SMILES string of the molecule is NC(=O)c1ccc(COc2ccccc2)cc1. The van der Waals surface area contributed by atoms with Crippen molar-refractivity contribution < 1.29 is 9.53 Å². The second-order valence-electron chi connectivity index (χ2n) is 3.66. The van der Waals surface area contributed by atoms with Gasteiger partial charge < -0.3 is 10.5 Å². The lowest BCUT2D eigenvalue weighted by Gasteiger charge is -2.06. The first-order valence-electron chi connectivity index (χ1n) is 5.32. The number of ether oxygens (including phenoxy) is 1. The zero-order valence-electron chi connectivity index (χ0n) is 9.30. The lowest BCUT2D eigenvalue weighted by atomic mass is 10.1. The fraction of sp³-hybridized carbons (Fsp3) is 0.0714. The van der Waals surface area contributed by atoms with E-state index < -0.39 is 5.91 Å². The minimum atomic E-state index is -0.416. The quantitative estimate of drug-likeness (QED) is 0.871. The maximum atomic E-state index is 10.9. The van der Waals surface area contributed by atoms with Gasteiger partial charge in [0, 0.05) is 5.56 Å². The van der Waals surface area contributed by atoms with Crippen LogP contribution < -0.4 is 10.5 Å². The van der Waals surface area contributed by atoms with E-state index >= 15 is 0 Å². The van der Waals surface area contributed by atoms with Gasteiger partial charge in [-0.1, -0.05) is 30.3 Å². The van der Waals surface area contributed by atoms with Crippen LogP contribution >= 0.6 is 0 Å². The van der Waals surface area contributed by atoms with Crippen molar-refractivity contribution in [2.45, 2.75) is 6.61 Å². The van der Waals surface area contributed by atoms with Crippen LogP contribution in [0.3, 0.4) is 0 Å². The summed E-state index contributed by atoms with van der Waals surface area (Å²) in [6.45, 7) is 0.475. The van der Waals surface area contributed by atoms with E-state index in [9.17, 15) is 4.79 Å². The number of amides is 1. The summed E-state index contributed by atoms with van der Waals surface area (Å²) in [4.78, 5) is 10.9. The highest BCUT2D eigenvalue weighted by atomic mass is 16.5. The highest BCUT2D eigenvalue weighted by molar-refractivity contribution is 5.92. The summed E-state index contributed by atoms with van der Waals surface area (Å²) in [5.74, 6) is 0.409. The fourth-order valence-electron chi connectivity index (χ4n) is 1.45. The average Bonchev–Trinajstić information content (AvgIpc) is 2.38. The van der Waals surface area contributed by atoms with Gasteiger partial charge in [-0.25, -0.2) is 0 Å². The van der Waals surface area contributed by atoms with Crippen molar-refractivity contribution in [3.8, 4) is 5.75 Å². The molecule has 0 aliphatic rings. The average molecular weight is 227 g/mol. The number of benzene rings is 2. The minimum Gasteiger partial charge on any atom is -0.489 e. The highest BCUT2D eigenvalue weighted by Gasteiger charge is 2.00. The van der Waals surface area contributed by atoms with Gasteiger partial charge >= 0.3 is 0 Å². The Hall–Kier alpha value is -2.29. The van der Waals surface area contributed by atoms with Crippen LogP contribution in [0, 0.1) is 0 Å². The van der Waals surface area contributed by atoms with Gasteiger partial charge in [0.2, 0.25) is 5.91 Å². The highest BCUT2D eigenvalue weighted by Crippen LogP contribution is 2.12. The molecule has 1 amide bonds. The van der Waals surface area contributed by atoms with Crippen LogP contribution in [0.25, 0.3) is 0 Å². The molecule has 2 aromatic carbocycles. The van der Waals surface area contributed by atoms with Gasteiger partial charge in [-0.3, -0.25) is 4.79 Å². The summed E-state index contributed by atoms with van der Waals surface area (Å²) in [6.07, 6.45) is 0. The molecule has 0 bridgehead atoms. The Morgan fingerprint density at radius 1 is 1.00 bits per heavy atom. The normalized spacial score (nSPS) is 9.88. The van der Waals surface area contributed by atoms with E-state index in [2.05, 4.69) is 0 Å². The Kier molecular flexibility index (Phi) is 3.40. The Bertz CT molecular complexity index is 491. The van der Waals surface area contributed by atoms with Gasteiger partial charge in [-0.15, -0.1) is 0 Å².